The zero-order valence-electron chi connectivity index (χ0n) is 28.3. The molecule has 2 aromatic carbocycles. The number of thioether (sulfide) groups is 1. The summed E-state index contributed by atoms with van der Waals surface area (Å²) in [6, 6.07) is 7.88. The molecule has 0 aromatic heterocycles. The zero-order valence-corrected chi connectivity index (χ0v) is 29.2. The van der Waals surface area contributed by atoms with Gasteiger partial charge in [0, 0.05) is 30.8 Å². The molecule has 0 fully saturated rings. The lowest BCUT2D eigenvalue weighted by Crippen LogP contribution is -2.50. The van der Waals surface area contributed by atoms with Gasteiger partial charge < -0.3 is 20.9 Å². The lowest BCUT2D eigenvalue weighted by atomic mass is 10.0. The number of aryl methyl sites for hydroxylation is 2. The van der Waals surface area contributed by atoms with Gasteiger partial charge in [0.25, 0.3) is 5.91 Å². The highest BCUT2D eigenvalue weighted by Crippen LogP contribution is 2.17. The summed E-state index contributed by atoms with van der Waals surface area (Å²) >= 11 is 1.63. The molecule has 0 aliphatic heterocycles. The minimum absolute atomic E-state index is 0.192. The molecule has 0 aliphatic carbocycles. The highest BCUT2D eigenvalue weighted by Gasteiger charge is 2.29. The van der Waals surface area contributed by atoms with Crippen molar-refractivity contribution >= 4 is 29.9 Å². The quantitative estimate of drug-likeness (QED) is 0.229. The van der Waals surface area contributed by atoms with Crippen molar-refractivity contribution in [1.29, 1.82) is 0 Å². The van der Waals surface area contributed by atoms with E-state index in [-0.39, 0.29) is 11.8 Å². The molecule has 2 amide bonds. The van der Waals surface area contributed by atoms with Crippen LogP contribution in [0, 0.1) is 25.5 Å². The number of nitrogens with zero attached hydrogens (tertiary/aromatic N) is 2. The van der Waals surface area contributed by atoms with Crippen molar-refractivity contribution in [1.82, 2.24) is 15.1 Å². The molecule has 0 bridgehead atoms. The molecular weight excluding hydrogens is 582 g/mol. The standard InChI is InChI=1S/C18H27N3O3S.C7H6F2.C7H17N.C2H6/c1-13-9-14(12-22)11-15(10-13)18(24)21(7-4-6-19)16(5-8-25-3)17(23)20-2;1-5-2-6(8)4-7(9)3-5;1-4-6-8(3)7-5-2;1-2/h9-12,16H,4-8,19H2,1-3H3,(H,20,23);2-4H,1H3;4-7H2,1-3H3;1-2H3. The van der Waals surface area contributed by atoms with E-state index >= 15 is 0 Å². The van der Waals surface area contributed by atoms with Gasteiger partial charge in [0.15, 0.2) is 0 Å². The molecule has 0 aliphatic rings. The van der Waals surface area contributed by atoms with Gasteiger partial charge in [0.05, 0.1) is 0 Å². The summed E-state index contributed by atoms with van der Waals surface area (Å²) in [6.07, 6.45) is 6.39. The van der Waals surface area contributed by atoms with Gasteiger partial charge in [0.2, 0.25) is 5.91 Å². The number of nitrogens with two attached hydrogens (primary N) is 1. The van der Waals surface area contributed by atoms with E-state index < -0.39 is 17.7 Å². The third kappa shape index (κ3) is 18.8. The molecule has 0 saturated heterocycles. The Hall–Kier alpha value is -2.82. The largest absolute Gasteiger partial charge is 0.357 e. The van der Waals surface area contributed by atoms with Gasteiger partial charge in [0.1, 0.15) is 24.0 Å². The Morgan fingerprint density at radius 3 is 1.93 bits per heavy atom. The zero-order chi connectivity index (χ0) is 34.1. The van der Waals surface area contributed by atoms with Crippen molar-refractivity contribution in [2.45, 2.75) is 73.3 Å². The molecule has 7 nitrogen and oxygen atoms in total. The number of halogens is 2. The Morgan fingerprint density at radius 2 is 1.50 bits per heavy atom. The van der Waals surface area contributed by atoms with Crippen LogP contribution in [0.15, 0.2) is 36.4 Å². The van der Waals surface area contributed by atoms with Crippen LogP contribution in [0.4, 0.5) is 8.78 Å². The van der Waals surface area contributed by atoms with Gasteiger partial charge in [-0.25, -0.2) is 8.78 Å². The molecule has 0 radical (unpaired) electrons. The molecule has 0 spiro atoms. The normalized spacial score (nSPS) is 10.7. The molecule has 1 unspecified atom stereocenters. The van der Waals surface area contributed by atoms with Crippen molar-refractivity contribution in [3.63, 3.8) is 0 Å². The number of aldehydes is 1. The van der Waals surface area contributed by atoms with E-state index in [1.165, 1.54) is 38.1 Å². The average Bonchev–Trinajstić information content (AvgIpc) is 2.99. The number of carbonyl (C=O) groups excluding carboxylic acids is 3. The van der Waals surface area contributed by atoms with Crippen LogP contribution in [0.2, 0.25) is 0 Å². The summed E-state index contributed by atoms with van der Waals surface area (Å²) in [5.41, 5.74) is 7.90. The minimum atomic E-state index is -0.559. The van der Waals surface area contributed by atoms with Crippen LogP contribution in [-0.4, -0.2) is 86.2 Å². The molecule has 2 rings (SSSR count). The molecule has 44 heavy (non-hydrogen) atoms. The number of hydrogen-bond acceptors (Lipinski definition) is 6. The number of hydrogen-bond donors (Lipinski definition) is 2. The summed E-state index contributed by atoms with van der Waals surface area (Å²) in [4.78, 5) is 40.5. The lowest BCUT2D eigenvalue weighted by Gasteiger charge is -2.31. The maximum absolute atomic E-state index is 13.1. The molecule has 3 N–H and O–H groups in total. The highest BCUT2D eigenvalue weighted by molar-refractivity contribution is 7.98. The molecule has 2 aromatic rings. The molecule has 0 heterocycles. The van der Waals surface area contributed by atoms with E-state index in [9.17, 15) is 23.2 Å². The first-order valence-electron chi connectivity index (χ1n) is 15.4. The van der Waals surface area contributed by atoms with E-state index in [1.54, 1.807) is 48.8 Å². The second kappa shape index (κ2) is 26.6. The Balaban J connectivity index is 0. The second-order valence-corrected chi connectivity index (χ2v) is 11.0. The summed E-state index contributed by atoms with van der Waals surface area (Å²) in [5, 5.41) is 2.64. The van der Waals surface area contributed by atoms with E-state index in [2.05, 4.69) is 31.1 Å². The van der Waals surface area contributed by atoms with Crippen LogP contribution in [0.25, 0.3) is 0 Å². The first-order valence-corrected chi connectivity index (χ1v) is 16.8. The van der Waals surface area contributed by atoms with Crippen molar-refractivity contribution in [3.05, 3.63) is 70.3 Å². The first-order chi connectivity index (χ1) is 21.0. The Labute approximate surface area is 269 Å². The minimum Gasteiger partial charge on any atom is -0.357 e. The van der Waals surface area contributed by atoms with E-state index in [4.69, 9.17) is 5.73 Å². The molecule has 0 saturated carbocycles. The number of rotatable bonds is 14. The summed E-state index contributed by atoms with van der Waals surface area (Å²) < 4.78 is 24.4. The first kappa shape index (κ1) is 43.3. The van der Waals surface area contributed by atoms with Crippen molar-refractivity contribution in [2.24, 2.45) is 5.73 Å². The summed E-state index contributed by atoms with van der Waals surface area (Å²) in [5.74, 6) is -0.726. The van der Waals surface area contributed by atoms with Gasteiger partial charge in [-0.2, -0.15) is 11.8 Å². The lowest BCUT2D eigenvalue weighted by molar-refractivity contribution is -0.125. The SMILES string of the molecule is CC.CCCN(C)CCC.CNC(=O)C(CCSC)N(CCCN)C(=O)c1cc(C)cc(C=O)c1.Cc1cc(F)cc(F)c1. The second-order valence-electron chi connectivity index (χ2n) is 10.1. The molecule has 250 valence electrons. The van der Waals surface area contributed by atoms with Crippen LogP contribution >= 0.6 is 11.8 Å². The Kier molecular flexibility index (Phi) is 26.2. The van der Waals surface area contributed by atoms with Crippen LogP contribution in [-0.2, 0) is 4.79 Å². The van der Waals surface area contributed by atoms with Crippen molar-refractivity contribution < 1.29 is 23.2 Å². The fourth-order valence-electron chi connectivity index (χ4n) is 4.22. The maximum Gasteiger partial charge on any atom is 0.254 e. The number of benzene rings is 2. The monoisotopic (exact) mass is 638 g/mol. The van der Waals surface area contributed by atoms with E-state index in [0.717, 1.165) is 23.7 Å². The predicted molar refractivity (Wildman–Crippen MR) is 183 cm³/mol. The van der Waals surface area contributed by atoms with Gasteiger partial charge in [-0.3, -0.25) is 14.4 Å². The highest BCUT2D eigenvalue weighted by atomic mass is 32.2. The van der Waals surface area contributed by atoms with Crippen LogP contribution in [0.1, 0.15) is 85.2 Å². The fourth-order valence-corrected chi connectivity index (χ4v) is 4.68. The van der Waals surface area contributed by atoms with Gasteiger partial charge in [-0.05, 0) is 120 Å². The Bertz CT molecular complexity index is 1030. The van der Waals surface area contributed by atoms with Gasteiger partial charge in [-0.15, -0.1) is 0 Å². The smallest absolute Gasteiger partial charge is 0.254 e. The fraction of sp³-hybridized carbons (Fsp3) is 0.559. The van der Waals surface area contributed by atoms with Gasteiger partial charge in [-0.1, -0.05) is 27.7 Å². The van der Waals surface area contributed by atoms with Gasteiger partial charge >= 0.3 is 0 Å². The average molecular weight is 639 g/mol. The van der Waals surface area contributed by atoms with E-state index in [0.29, 0.717) is 42.6 Å². The van der Waals surface area contributed by atoms with Crippen molar-refractivity contribution in [2.75, 3.05) is 52.3 Å². The molecule has 10 heteroatoms. The van der Waals surface area contributed by atoms with E-state index in [1.807, 2.05) is 27.0 Å². The third-order valence-corrected chi connectivity index (χ3v) is 6.73. The summed E-state index contributed by atoms with van der Waals surface area (Å²) in [7, 11) is 3.74. The number of likely N-dealkylation sites (N-methyl/N-ethyl adjacent to an activating group) is 1. The Morgan fingerprint density at radius 1 is 0.955 bits per heavy atom. The summed E-state index contributed by atoms with van der Waals surface area (Å²) in [6.45, 7) is 15.2. The van der Waals surface area contributed by atoms with Crippen molar-refractivity contribution in [3.8, 4) is 0 Å². The van der Waals surface area contributed by atoms with Crippen LogP contribution in [0.3, 0.4) is 0 Å². The molecular formula is C34H56F2N4O3S. The third-order valence-electron chi connectivity index (χ3n) is 6.08. The number of carbonyl (C=O) groups is 3. The van der Waals surface area contributed by atoms with Crippen LogP contribution < -0.4 is 11.1 Å². The maximum atomic E-state index is 13.1. The number of amides is 2. The van der Waals surface area contributed by atoms with Crippen LogP contribution in [0.5, 0.6) is 0 Å². The number of nitrogens with one attached hydrogen (secondary N) is 1. The predicted octanol–water partition coefficient (Wildman–Crippen LogP) is 6.50. The molecule has 1 atom stereocenters. The topological polar surface area (TPSA) is 95.7 Å².